The Balaban J connectivity index is 3.30. The number of alkyl halides is 5. The van der Waals surface area contributed by atoms with E-state index in [9.17, 15) is 18.0 Å². The number of Topliss-reactive ketones (excluding diaryl/α,β-unsaturated/α-hetero) is 1. The van der Waals surface area contributed by atoms with Crippen LogP contribution in [0.3, 0.4) is 0 Å². The summed E-state index contributed by atoms with van der Waals surface area (Å²) in [5.74, 6) is -0.842. The molecule has 1 rings (SSSR count). The van der Waals surface area contributed by atoms with Crippen molar-refractivity contribution in [2.45, 2.75) is 11.0 Å². The van der Waals surface area contributed by atoms with Gasteiger partial charge in [0.15, 0.2) is 10.6 Å². The molecule has 1 aromatic carbocycles. The lowest BCUT2D eigenvalue weighted by molar-refractivity contribution is -0.137. The standard InChI is InChI=1S/C10H7Cl2F3O2/c1-17-7-3-2-5(10(13,14)15)4-6(7)8(16)9(11)12/h2-4,9H,1H3. The summed E-state index contributed by atoms with van der Waals surface area (Å²) >= 11 is 10.7. The van der Waals surface area contributed by atoms with Gasteiger partial charge in [0, 0.05) is 0 Å². The largest absolute Gasteiger partial charge is 0.496 e. The molecule has 0 radical (unpaired) electrons. The highest BCUT2D eigenvalue weighted by Gasteiger charge is 2.32. The number of rotatable bonds is 3. The minimum Gasteiger partial charge on any atom is -0.496 e. The Hall–Kier alpha value is -0.940. The van der Waals surface area contributed by atoms with Crippen LogP contribution in [0.1, 0.15) is 15.9 Å². The van der Waals surface area contributed by atoms with Crippen molar-refractivity contribution in [3.63, 3.8) is 0 Å². The Morgan fingerprint density at radius 2 is 1.94 bits per heavy atom. The first kappa shape index (κ1) is 14.1. The summed E-state index contributed by atoms with van der Waals surface area (Å²) in [4.78, 5) is 10.1. The first-order valence-electron chi connectivity index (χ1n) is 4.35. The molecule has 0 aromatic heterocycles. The number of hydrogen-bond acceptors (Lipinski definition) is 2. The summed E-state index contributed by atoms with van der Waals surface area (Å²) < 4.78 is 42.1. The predicted molar refractivity (Wildman–Crippen MR) is 57.8 cm³/mol. The van der Waals surface area contributed by atoms with Gasteiger partial charge in [-0.1, -0.05) is 23.2 Å². The Bertz CT molecular complexity index is 430. The SMILES string of the molecule is COc1ccc(C(F)(F)F)cc1C(=O)C(Cl)Cl. The van der Waals surface area contributed by atoms with E-state index in [2.05, 4.69) is 0 Å². The quantitative estimate of drug-likeness (QED) is 0.626. The molecule has 0 aliphatic rings. The molecule has 0 amide bonds. The number of ether oxygens (including phenoxy) is 1. The zero-order chi connectivity index (χ0) is 13.2. The number of halogens is 5. The monoisotopic (exact) mass is 286 g/mol. The van der Waals surface area contributed by atoms with Gasteiger partial charge in [-0.25, -0.2) is 0 Å². The van der Waals surface area contributed by atoms with Gasteiger partial charge < -0.3 is 4.74 Å². The number of methoxy groups -OCH3 is 1. The third kappa shape index (κ3) is 3.26. The normalized spacial score (nSPS) is 11.7. The van der Waals surface area contributed by atoms with Gasteiger partial charge in [0.2, 0.25) is 0 Å². The maximum absolute atomic E-state index is 12.4. The van der Waals surface area contributed by atoms with Gasteiger partial charge in [0.1, 0.15) is 5.75 Å². The third-order valence-corrected chi connectivity index (χ3v) is 2.39. The summed E-state index contributed by atoms with van der Waals surface area (Å²) in [5, 5.41) is 0. The van der Waals surface area contributed by atoms with Gasteiger partial charge in [0.05, 0.1) is 18.2 Å². The maximum atomic E-state index is 12.4. The molecule has 2 nitrogen and oxygen atoms in total. The van der Waals surface area contributed by atoms with Gasteiger partial charge in [0.25, 0.3) is 0 Å². The molecule has 0 unspecified atom stereocenters. The molecule has 0 heterocycles. The van der Waals surface area contributed by atoms with E-state index in [4.69, 9.17) is 27.9 Å². The molecule has 0 spiro atoms. The summed E-state index contributed by atoms with van der Waals surface area (Å²) in [6, 6.07) is 2.53. The van der Waals surface area contributed by atoms with E-state index in [-0.39, 0.29) is 11.3 Å². The van der Waals surface area contributed by atoms with Gasteiger partial charge >= 0.3 is 6.18 Å². The van der Waals surface area contributed by atoms with Crippen LogP contribution < -0.4 is 4.74 Å². The number of benzene rings is 1. The van der Waals surface area contributed by atoms with E-state index in [0.717, 1.165) is 12.1 Å². The molecule has 0 fully saturated rings. The van der Waals surface area contributed by atoms with Crippen LogP contribution in [0.25, 0.3) is 0 Å². The first-order valence-corrected chi connectivity index (χ1v) is 5.22. The molecular formula is C10H7Cl2F3O2. The Morgan fingerprint density at radius 1 is 1.35 bits per heavy atom. The lowest BCUT2D eigenvalue weighted by atomic mass is 10.1. The van der Waals surface area contributed by atoms with Crippen molar-refractivity contribution >= 4 is 29.0 Å². The van der Waals surface area contributed by atoms with Crippen LogP contribution in [0.15, 0.2) is 18.2 Å². The van der Waals surface area contributed by atoms with Crippen LogP contribution in [0.5, 0.6) is 5.75 Å². The van der Waals surface area contributed by atoms with Crippen molar-refractivity contribution in [1.29, 1.82) is 0 Å². The molecule has 0 aliphatic heterocycles. The van der Waals surface area contributed by atoms with E-state index in [0.29, 0.717) is 6.07 Å². The minimum atomic E-state index is -4.55. The van der Waals surface area contributed by atoms with Crippen LogP contribution in [0.2, 0.25) is 0 Å². The van der Waals surface area contributed by atoms with E-state index < -0.39 is 22.4 Å². The number of hydrogen-bond donors (Lipinski definition) is 0. The molecule has 1 aromatic rings. The number of carbonyl (C=O) groups is 1. The molecule has 0 bridgehead atoms. The molecule has 7 heteroatoms. The number of carbonyl (C=O) groups excluding carboxylic acids is 1. The second-order valence-corrected chi connectivity index (χ2v) is 4.17. The van der Waals surface area contributed by atoms with Crippen LogP contribution in [-0.2, 0) is 6.18 Å². The van der Waals surface area contributed by atoms with Crippen molar-refractivity contribution in [3.05, 3.63) is 29.3 Å². The van der Waals surface area contributed by atoms with Gasteiger partial charge in [-0.2, -0.15) is 13.2 Å². The van der Waals surface area contributed by atoms with Crippen molar-refractivity contribution in [1.82, 2.24) is 0 Å². The van der Waals surface area contributed by atoms with Gasteiger partial charge in [-0.3, -0.25) is 4.79 Å². The zero-order valence-corrected chi connectivity index (χ0v) is 10.0. The summed E-state index contributed by atoms with van der Waals surface area (Å²) in [6.45, 7) is 0. The summed E-state index contributed by atoms with van der Waals surface area (Å²) in [7, 11) is 1.23. The third-order valence-electron chi connectivity index (χ3n) is 1.99. The molecule has 0 saturated heterocycles. The fraction of sp³-hybridized carbons (Fsp3) is 0.300. The summed E-state index contributed by atoms with van der Waals surface area (Å²) in [6.07, 6.45) is -4.55. The molecule has 0 aliphatic carbocycles. The average molecular weight is 287 g/mol. The lowest BCUT2D eigenvalue weighted by Gasteiger charge is -2.12. The molecule has 0 atom stereocenters. The predicted octanol–water partition coefficient (Wildman–Crippen LogP) is 3.70. The Morgan fingerprint density at radius 3 is 2.35 bits per heavy atom. The van der Waals surface area contributed by atoms with Gasteiger partial charge in [-0.15, -0.1) is 0 Å². The van der Waals surface area contributed by atoms with E-state index in [1.165, 1.54) is 7.11 Å². The molecule has 17 heavy (non-hydrogen) atoms. The molecule has 94 valence electrons. The van der Waals surface area contributed by atoms with Crippen molar-refractivity contribution in [2.24, 2.45) is 0 Å². The molecule has 0 saturated carbocycles. The van der Waals surface area contributed by atoms with Crippen LogP contribution in [-0.4, -0.2) is 17.7 Å². The summed E-state index contributed by atoms with van der Waals surface area (Å²) in [5.41, 5.74) is -1.26. The topological polar surface area (TPSA) is 26.3 Å². The fourth-order valence-electron chi connectivity index (χ4n) is 1.19. The minimum absolute atomic E-state index is 0.00528. The second-order valence-electron chi connectivity index (χ2n) is 3.08. The van der Waals surface area contributed by atoms with E-state index >= 15 is 0 Å². The van der Waals surface area contributed by atoms with Crippen LogP contribution in [0, 0.1) is 0 Å². The Kier molecular flexibility index (Phi) is 4.27. The highest BCUT2D eigenvalue weighted by Crippen LogP contribution is 2.33. The van der Waals surface area contributed by atoms with Crippen molar-refractivity contribution in [2.75, 3.05) is 7.11 Å². The van der Waals surface area contributed by atoms with Crippen molar-refractivity contribution < 1.29 is 22.7 Å². The molecule has 0 N–H and O–H groups in total. The smallest absolute Gasteiger partial charge is 0.416 e. The van der Waals surface area contributed by atoms with Gasteiger partial charge in [-0.05, 0) is 18.2 Å². The fourth-order valence-corrected chi connectivity index (χ4v) is 1.43. The highest BCUT2D eigenvalue weighted by atomic mass is 35.5. The lowest BCUT2D eigenvalue weighted by Crippen LogP contribution is -2.13. The van der Waals surface area contributed by atoms with E-state index in [1.807, 2.05) is 0 Å². The van der Waals surface area contributed by atoms with Crippen molar-refractivity contribution in [3.8, 4) is 5.75 Å². The first-order chi connectivity index (χ1) is 7.77. The Labute approximate surface area is 105 Å². The number of ketones is 1. The zero-order valence-electron chi connectivity index (χ0n) is 8.52. The average Bonchev–Trinajstić information content (AvgIpc) is 2.25. The maximum Gasteiger partial charge on any atom is 0.416 e. The van der Waals surface area contributed by atoms with E-state index in [1.54, 1.807) is 0 Å². The molecular weight excluding hydrogens is 280 g/mol. The van der Waals surface area contributed by atoms with Crippen LogP contribution >= 0.6 is 23.2 Å². The highest BCUT2D eigenvalue weighted by molar-refractivity contribution is 6.55. The second kappa shape index (κ2) is 5.14. The van der Waals surface area contributed by atoms with Crippen LogP contribution in [0.4, 0.5) is 13.2 Å².